The average molecular weight is 394 g/mol. The molecule has 2 amide bonds. The van der Waals surface area contributed by atoms with Gasteiger partial charge in [-0.15, -0.1) is 0 Å². The van der Waals surface area contributed by atoms with Crippen molar-refractivity contribution >= 4 is 17.5 Å². The first-order valence-corrected chi connectivity index (χ1v) is 9.94. The largest absolute Gasteiger partial charge is 0.342 e. The number of rotatable bonds is 5. The zero-order chi connectivity index (χ0) is 20.1. The minimum absolute atomic E-state index is 0.192. The van der Waals surface area contributed by atoms with E-state index in [0.29, 0.717) is 19.6 Å². The monoisotopic (exact) mass is 394 g/mol. The number of hydrogen-bond acceptors (Lipinski definition) is 4. The van der Waals surface area contributed by atoms with E-state index in [4.69, 9.17) is 0 Å². The number of piperazine rings is 1. The smallest absolute Gasteiger partial charge is 0.241 e. The Morgan fingerprint density at radius 3 is 2.32 bits per heavy atom. The molecule has 2 aliphatic heterocycles. The minimum atomic E-state index is -0.988. The van der Waals surface area contributed by atoms with Gasteiger partial charge in [-0.25, -0.2) is 8.78 Å². The van der Waals surface area contributed by atoms with Gasteiger partial charge in [0.1, 0.15) is 0 Å². The van der Waals surface area contributed by atoms with Crippen LogP contribution in [0.2, 0.25) is 0 Å². The van der Waals surface area contributed by atoms with Crippen molar-refractivity contribution in [1.82, 2.24) is 14.7 Å². The first kappa shape index (κ1) is 20.7. The van der Waals surface area contributed by atoms with E-state index in [2.05, 4.69) is 10.2 Å². The Morgan fingerprint density at radius 1 is 1.00 bits per heavy atom. The highest BCUT2D eigenvalue weighted by molar-refractivity contribution is 5.94. The summed E-state index contributed by atoms with van der Waals surface area (Å²) >= 11 is 0. The average Bonchev–Trinajstić information content (AvgIpc) is 2.71. The zero-order valence-electron chi connectivity index (χ0n) is 16.3. The third-order valence-electron chi connectivity index (χ3n) is 5.59. The number of halogens is 2. The van der Waals surface area contributed by atoms with Crippen LogP contribution >= 0.6 is 0 Å². The van der Waals surface area contributed by atoms with Crippen LogP contribution in [-0.4, -0.2) is 78.4 Å². The lowest BCUT2D eigenvalue weighted by Gasteiger charge is -2.38. The van der Waals surface area contributed by atoms with E-state index in [-0.39, 0.29) is 17.5 Å². The number of anilines is 1. The van der Waals surface area contributed by atoms with Gasteiger partial charge in [-0.3, -0.25) is 19.4 Å². The number of benzene rings is 1. The van der Waals surface area contributed by atoms with E-state index < -0.39 is 17.7 Å². The Kier molecular flexibility index (Phi) is 6.96. The molecule has 1 unspecified atom stereocenters. The second-order valence-corrected chi connectivity index (χ2v) is 7.55. The number of piperidine rings is 1. The van der Waals surface area contributed by atoms with Crippen molar-refractivity contribution < 1.29 is 18.4 Å². The zero-order valence-corrected chi connectivity index (χ0v) is 16.3. The molecule has 0 spiro atoms. The van der Waals surface area contributed by atoms with E-state index in [1.165, 1.54) is 12.5 Å². The predicted octanol–water partition coefficient (Wildman–Crippen LogP) is 1.92. The Labute approximate surface area is 164 Å². The van der Waals surface area contributed by atoms with Gasteiger partial charge in [0.15, 0.2) is 11.6 Å². The molecule has 3 rings (SSSR count). The van der Waals surface area contributed by atoms with Crippen LogP contribution in [0.4, 0.5) is 14.5 Å². The van der Waals surface area contributed by atoms with Gasteiger partial charge in [0.2, 0.25) is 11.8 Å². The molecule has 2 aliphatic rings. The molecule has 0 radical (unpaired) electrons. The molecule has 1 aromatic carbocycles. The van der Waals surface area contributed by atoms with Crippen molar-refractivity contribution in [2.24, 2.45) is 0 Å². The van der Waals surface area contributed by atoms with Gasteiger partial charge in [0.05, 0.1) is 12.6 Å². The molecular weight excluding hydrogens is 366 g/mol. The summed E-state index contributed by atoms with van der Waals surface area (Å²) in [5.74, 6) is -2.00. The van der Waals surface area contributed by atoms with Gasteiger partial charge >= 0.3 is 0 Å². The van der Waals surface area contributed by atoms with Crippen LogP contribution in [0.25, 0.3) is 0 Å². The SMILES string of the molecule is CC(C(=O)Nc1ccc(F)c(F)c1)N1CCN(CC(=O)N2CCCCC2)CC1. The van der Waals surface area contributed by atoms with Crippen molar-refractivity contribution in [1.29, 1.82) is 0 Å². The molecule has 0 aliphatic carbocycles. The Hall–Kier alpha value is -2.06. The summed E-state index contributed by atoms with van der Waals surface area (Å²) in [6.45, 7) is 6.76. The number of hydrogen-bond donors (Lipinski definition) is 1. The summed E-state index contributed by atoms with van der Waals surface area (Å²) in [6.07, 6.45) is 3.38. The van der Waals surface area contributed by atoms with Gasteiger partial charge in [-0.05, 0) is 38.3 Å². The number of nitrogens with zero attached hydrogens (tertiary/aromatic N) is 3. The van der Waals surface area contributed by atoms with Gasteiger partial charge in [0, 0.05) is 51.0 Å². The Morgan fingerprint density at radius 2 is 1.68 bits per heavy atom. The molecule has 28 heavy (non-hydrogen) atoms. The van der Waals surface area contributed by atoms with E-state index in [1.54, 1.807) is 6.92 Å². The molecule has 0 bridgehead atoms. The fraction of sp³-hybridized carbons (Fsp3) is 0.600. The second kappa shape index (κ2) is 9.43. The Balaban J connectivity index is 1.44. The molecule has 0 saturated carbocycles. The van der Waals surface area contributed by atoms with Crippen molar-refractivity contribution in [2.45, 2.75) is 32.2 Å². The lowest BCUT2D eigenvalue weighted by molar-refractivity contribution is -0.134. The summed E-state index contributed by atoms with van der Waals surface area (Å²) in [5.41, 5.74) is 0.238. The van der Waals surface area contributed by atoms with Crippen LogP contribution in [-0.2, 0) is 9.59 Å². The maximum absolute atomic E-state index is 13.3. The maximum Gasteiger partial charge on any atom is 0.241 e. The molecule has 1 N–H and O–H groups in total. The van der Waals surface area contributed by atoms with E-state index >= 15 is 0 Å². The number of amides is 2. The van der Waals surface area contributed by atoms with Gasteiger partial charge in [-0.1, -0.05) is 0 Å². The third-order valence-corrected chi connectivity index (χ3v) is 5.59. The van der Waals surface area contributed by atoms with E-state index in [1.807, 2.05) is 9.80 Å². The topological polar surface area (TPSA) is 55.9 Å². The molecule has 154 valence electrons. The molecule has 2 heterocycles. The summed E-state index contributed by atoms with van der Waals surface area (Å²) in [7, 11) is 0. The normalized spacial score (nSPS) is 20.0. The van der Waals surface area contributed by atoms with Crippen molar-refractivity contribution in [3.8, 4) is 0 Å². The van der Waals surface area contributed by atoms with Crippen LogP contribution in [0.15, 0.2) is 18.2 Å². The molecule has 0 aromatic heterocycles. The molecule has 1 atom stereocenters. The van der Waals surface area contributed by atoms with Gasteiger partial charge in [0.25, 0.3) is 0 Å². The highest BCUT2D eigenvalue weighted by atomic mass is 19.2. The van der Waals surface area contributed by atoms with Crippen LogP contribution < -0.4 is 5.32 Å². The highest BCUT2D eigenvalue weighted by Gasteiger charge is 2.27. The predicted molar refractivity (Wildman–Crippen MR) is 103 cm³/mol. The quantitative estimate of drug-likeness (QED) is 0.829. The lowest BCUT2D eigenvalue weighted by atomic mass is 10.1. The third kappa shape index (κ3) is 5.26. The number of carbonyl (C=O) groups is 2. The minimum Gasteiger partial charge on any atom is -0.342 e. The van der Waals surface area contributed by atoms with Crippen molar-refractivity contribution in [2.75, 3.05) is 51.1 Å². The lowest BCUT2D eigenvalue weighted by Crippen LogP contribution is -2.54. The van der Waals surface area contributed by atoms with E-state index in [0.717, 1.165) is 51.2 Å². The maximum atomic E-state index is 13.3. The highest BCUT2D eigenvalue weighted by Crippen LogP contribution is 2.15. The first-order chi connectivity index (χ1) is 13.4. The number of nitrogens with one attached hydrogen (secondary N) is 1. The molecule has 6 nitrogen and oxygen atoms in total. The first-order valence-electron chi connectivity index (χ1n) is 9.94. The van der Waals surface area contributed by atoms with Crippen LogP contribution in [0.5, 0.6) is 0 Å². The van der Waals surface area contributed by atoms with Gasteiger partial charge in [-0.2, -0.15) is 0 Å². The van der Waals surface area contributed by atoms with Gasteiger partial charge < -0.3 is 10.2 Å². The fourth-order valence-corrected chi connectivity index (χ4v) is 3.73. The van der Waals surface area contributed by atoms with Crippen LogP contribution in [0.3, 0.4) is 0 Å². The molecule has 2 saturated heterocycles. The molecule has 1 aromatic rings. The molecule has 8 heteroatoms. The second-order valence-electron chi connectivity index (χ2n) is 7.55. The summed E-state index contributed by atoms with van der Waals surface area (Å²) < 4.78 is 26.3. The van der Waals surface area contributed by atoms with Crippen molar-refractivity contribution in [3.63, 3.8) is 0 Å². The summed E-state index contributed by atoms with van der Waals surface area (Å²) in [4.78, 5) is 30.9. The Bertz CT molecular complexity index is 701. The van der Waals surface area contributed by atoms with Crippen molar-refractivity contribution in [3.05, 3.63) is 29.8 Å². The van der Waals surface area contributed by atoms with Crippen LogP contribution in [0.1, 0.15) is 26.2 Å². The summed E-state index contributed by atoms with van der Waals surface area (Å²) in [5, 5.41) is 2.63. The standard InChI is InChI=1S/C20H28F2N4O2/c1-15(20(28)23-16-5-6-17(21)18(22)13-16)25-11-9-24(10-12-25)14-19(27)26-7-3-2-4-8-26/h5-6,13,15H,2-4,7-12,14H2,1H3,(H,23,28). The molecule has 2 fully saturated rings. The number of carbonyl (C=O) groups excluding carboxylic acids is 2. The van der Waals surface area contributed by atoms with Crippen LogP contribution in [0, 0.1) is 11.6 Å². The van der Waals surface area contributed by atoms with E-state index in [9.17, 15) is 18.4 Å². The molecular formula is C20H28F2N4O2. The fourth-order valence-electron chi connectivity index (χ4n) is 3.73. The number of likely N-dealkylation sites (tertiary alicyclic amines) is 1. The summed E-state index contributed by atoms with van der Waals surface area (Å²) in [6, 6.07) is 2.92.